The lowest BCUT2D eigenvalue weighted by Gasteiger charge is -2.04. The molecule has 0 spiro atoms. The van der Waals surface area contributed by atoms with Crippen molar-refractivity contribution < 1.29 is 14.7 Å². The van der Waals surface area contributed by atoms with E-state index in [0.29, 0.717) is 11.1 Å². The Kier molecular flexibility index (Phi) is 3.87. The molecule has 0 amide bonds. The largest absolute Gasteiger partial charge is 0.478 e. The van der Waals surface area contributed by atoms with Crippen LogP contribution in [-0.2, 0) is 6.42 Å². The maximum Gasteiger partial charge on any atom is 0.338 e. The first-order valence-corrected chi connectivity index (χ1v) is 5.82. The summed E-state index contributed by atoms with van der Waals surface area (Å²) in [5.74, 6) is -1.55. The number of carboxylic acids is 1. The quantitative estimate of drug-likeness (QED) is 0.855. The number of hydrogen-bond donors (Lipinski definition) is 1. The predicted molar refractivity (Wildman–Crippen MR) is 70.4 cm³/mol. The predicted octanol–water partition coefficient (Wildman–Crippen LogP) is 2.08. The first-order valence-electron chi connectivity index (χ1n) is 5.82. The number of carbonyl (C=O) groups excluding carboxylic acids is 1. The van der Waals surface area contributed by atoms with Gasteiger partial charge in [0.2, 0.25) is 0 Å². The van der Waals surface area contributed by atoms with E-state index in [9.17, 15) is 9.59 Å². The number of rotatable bonds is 4. The van der Waals surface area contributed by atoms with Crippen molar-refractivity contribution in [3.05, 3.63) is 65.0 Å². The molecule has 0 fully saturated rings. The van der Waals surface area contributed by atoms with Gasteiger partial charge in [0.05, 0.1) is 17.2 Å². The fourth-order valence-corrected chi connectivity index (χ4v) is 1.77. The van der Waals surface area contributed by atoms with Crippen molar-refractivity contribution in [3.8, 4) is 6.07 Å². The minimum absolute atomic E-state index is 0.0446. The molecule has 0 atom stereocenters. The van der Waals surface area contributed by atoms with Crippen molar-refractivity contribution in [1.82, 2.24) is 4.98 Å². The van der Waals surface area contributed by atoms with Gasteiger partial charge in [-0.25, -0.2) is 4.79 Å². The number of aromatic carboxylic acids is 1. The lowest BCUT2D eigenvalue weighted by atomic mass is 10.0. The van der Waals surface area contributed by atoms with Gasteiger partial charge in [-0.15, -0.1) is 0 Å². The van der Waals surface area contributed by atoms with Crippen LogP contribution in [0.5, 0.6) is 0 Å². The average Bonchev–Trinajstić information content (AvgIpc) is 2.48. The molecule has 1 heterocycles. The summed E-state index contributed by atoms with van der Waals surface area (Å²) in [7, 11) is 0. The third-order valence-electron chi connectivity index (χ3n) is 2.75. The van der Waals surface area contributed by atoms with Crippen LogP contribution < -0.4 is 0 Å². The summed E-state index contributed by atoms with van der Waals surface area (Å²) in [6.45, 7) is 0. The molecule has 0 aliphatic heterocycles. The highest BCUT2D eigenvalue weighted by molar-refractivity contribution is 6.05. The van der Waals surface area contributed by atoms with Gasteiger partial charge in [-0.2, -0.15) is 5.26 Å². The molecule has 0 saturated heterocycles. The second-order valence-electron chi connectivity index (χ2n) is 4.11. The van der Waals surface area contributed by atoms with Gasteiger partial charge in [0.15, 0.2) is 5.78 Å². The number of ketones is 1. The van der Waals surface area contributed by atoms with Crippen LogP contribution in [0.2, 0.25) is 0 Å². The van der Waals surface area contributed by atoms with Crippen molar-refractivity contribution in [3.63, 3.8) is 0 Å². The van der Waals surface area contributed by atoms with Crippen LogP contribution in [0.3, 0.4) is 0 Å². The van der Waals surface area contributed by atoms with Gasteiger partial charge >= 0.3 is 5.97 Å². The third-order valence-corrected chi connectivity index (χ3v) is 2.75. The van der Waals surface area contributed by atoms with Gasteiger partial charge in [0, 0.05) is 12.6 Å². The highest BCUT2D eigenvalue weighted by Crippen LogP contribution is 2.11. The van der Waals surface area contributed by atoms with E-state index in [0.717, 1.165) is 0 Å². The molecule has 0 aliphatic carbocycles. The van der Waals surface area contributed by atoms with Crippen LogP contribution in [0.1, 0.15) is 32.0 Å². The number of aromatic nitrogens is 1. The van der Waals surface area contributed by atoms with Crippen molar-refractivity contribution in [2.45, 2.75) is 6.42 Å². The van der Waals surface area contributed by atoms with E-state index < -0.39 is 5.97 Å². The Hall–Kier alpha value is -3.00. The molecule has 0 unspecified atom stereocenters. The summed E-state index contributed by atoms with van der Waals surface area (Å²) in [5, 5.41) is 17.7. The van der Waals surface area contributed by atoms with E-state index in [2.05, 4.69) is 4.98 Å². The van der Waals surface area contributed by atoms with Gasteiger partial charge in [-0.3, -0.25) is 9.78 Å². The second kappa shape index (κ2) is 5.76. The number of pyridine rings is 1. The Morgan fingerprint density at radius 2 is 1.90 bits per heavy atom. The number of benzene rings is 1. The molecule has 20 heavy (non-hydrogen) atoms. The topological polar surface area (TPSA) is 91.0 Å². The highest BCUT2D eigenvalue weighted by Gasteiger charge is 2.17. The molecule has 1 N–H and O–H groups in total. The number of carboxylic acid groups (broad SMARTS) is 1. The smallest absolute Gasteiger partial charge is 0.338 e. The maximum absolute atomic E-state index is 12.1. The molecule has 2 rings (SSSR count). The lowest BCUT2D eigenvalue weighted by molar-refractivity contribution is 0.0691. The van der Waals surface area contributed by atoms with Crippen molar-refractivity contribution in [1.29, 1.82) is 5.26 Å². The summed E-state index contributed by atoms with van der Waals surface area (Å²) in [5.41, 5.74) is 1.05. The number of carbonyl (C=O) groups is 2. The molecule has 2 aromatic rings. The monoisotopic (exact) mass is 266 g/mol. The van der Waals surface area contributed by atoms with Crippen LogP contribution in [0.4, 0.5) is 0 Å². The average molecular weight is 266 g/mol. The summed E-state index contributed by atoms with van der Waals surface area (Å²) in [4.78, 5) is 27.0. The Bertz CT molecular complexity index is 700. The second-order valence-corrected chi connectivity index (χ2v) is 4.11. The van der Waals surface area contributed by atoms with Gasteiger partial charge in [0.25, 0.3) is 0 Å². The Labute approximate surface area is 115 Å². The molecule has 1 aromatic carbocycles. The summed E-state index contributed by atoms with van der Waals surface area (Å²) in [6.07, 6.45) is 1.43. The molecule has 0 aliphatic rings. The van der Waals surface area contributed by atoms with Gasteiger partial charge in [-0.05, 0) is 29.8 Å². The fraction of sp³-hybridized carbons (Fsp3) is 0.0667. The molecule has 5 heteroatoms. The highest BCUT2D eigenvalue weighted by atomic mass is 16.4. The van der Waals surface area contributed by atoms with Crippen molar-refractivity contribution >= 4 is 11.8 Å². The SMILES string of the molecule is N#Cc1ccc(CC(=O)c2ncccc2C(=O)O)cc1. The van der Waals surface area contributed by atoms with Crippen LogP contribution >= 0.6 is 0 Å². The molecular formula is C15H10N2O3. The summed E-state index contributed by atoms with van der Waals surface area (Å²) in [6, 6.07) is 11.4. The van der Waals surface area contributed by atoms with Crippen molar-refractivity contribution in [2.24, 2.45) is 0 Å². The van der Waals surface area contributed by atoms with Crippen molar-refractivity contribution in [2.75, 3.05) is 0 Å². The van der Waals surface area contributed by atoms with Crippen LogP contribution in [0.25, 0.3) is 0 Å². The van der Waals surface area contributed by atoms with Gasteiger partial charge in [-0.1, -0.05) is 12.1 Å². The Morgan fingerprint density at radius 1 is 1.20 bits per heavy atom. The summed E-state index contributed by atoms with van der Waals surface area (Å²) >= 11 is 0. The number of Topliss-reactive ketones (excluding diaryl/α,β-unsaturated/α-hetero) is 1. The van der Waals surface area contributed by atoms with Gasteiger partial charge < -0.3 is 5.11 Å². The van der Waals surface area contributed by atoms with Gasteiger partial charge in [0.1, 0.15) is 5.69 Å². The minimum Gasteiger partial charge on any atom is -0.478 e. The fourth-order valence-electron chi connectivity index (χ4n) is 1.77. The van der Waals surface area contributed by atoms with E-state index in [1.165, 1.54) is 18.3 Å². The molecule has 0 saturated carbocycles. The molecule has 1 aromatic heterocycles. The van der Waals surface area contributed by atoms with E-state index in [-0.39, 0.29) is 23.5 Å². The zero-order chi connectivity index (χ0) is 14.5. The molecular weight excluding hydrogens is 256 g/mol. The Balaban J connectivity index is 2.24. The molecule has 0 bridgehead atoms. The van der Waals surface area contributed by atoms with Crippen LogP contribution in [0, 0.1) is 11.3 Å². The van der Waals surface area contributed by atoms with E-state index >= 15 is 0 Å². The summed E-state index contributed by atoms with van der Waals surface area (Å²) < 4.78 is 0. The van der Waals surface area contributed by atoms with Crippen LogP contribution in [0.15, 0.2) is 42.6 Å². The third kappa shape index (κ3) is 2.87. The number of nitriles is 1. The number of nitrogens with zero attached hydrogens (tertiary/aromatic N) is 2. The normalized spacial score (nSPS) is 9.75. The number of hydrogen-bond acceptors (Lipinski definition) is 4. The maximum atomic E-state index is 12.1. The molecule has 98 valence electrons. The van der Waals surface area contributed by atoms with Crippen LogP contribution in [-0.4, -0.2) is 21.8 Å². The first kappa shape index (κ1) is 13.4. The van der Waals surface area contributed by atoms with E-state index in [1.54, 1.807) is 24.3 Å². The zero-order valence-electron chi connectivity index (χ0n) is 10.4. The standard InChI is InChI=1S/C15H10N2O3/c16-9-11-5-3-10(4-6-11)8-13(18)14-12(15(19)20)2-1-7-17-14/h1-7H,8H2,(H,19,20). The molecule has 0 radical (unpaired) electrons. The van der Waals surface area contributed by atoms with E-state index in [1.807, 2.05) is 6.07 Å². The minimum atomic E-state index is -1.18. The Morgan fingerprint density at radius 3 is 2.50 bits per heavy atom. The lowest BCUT2D eigenvalue weighted by Crippen LogP contribution is -2.12. The molecule has 5 nitrogen and oxygen atoms in total. The van der Waals surface area contributed by atoms with E-state index in [4.69, 9.17) is 10.4 Å². The zero-order valence-corrected chi connectivity index (χ0v) is 10.4. The first-order chi connectivity index (χ1) is 9.61.